The Labute approximate surface area is 196 Å². The molecule has 0 unspecified atom stereocenters. The van der Waals surface area contributed by atoms with Gasteiger partial charge in [0.25, 0.3) is 5.69 Å². The Bertz CT molecular complexity index is 1200. The molecule has 0 saturated heterocycles. The maximum absolute atomic E-state index is 13.7. The van der Waals surface area contributed by atoms with Crippen molar-refractivity contribution in [2.45, 2.75) is 38.9 Å². The average molecular weight is 464 g/mol. The SMILES string of the molecule is CCOC(=O)C1=C(C(=O)OCC)[C@H]2c3ccccc3C(=O)[C@@H]1N2[C@@H](C)c1ccc([N+](=O)[O-])cc1. The summed E-state index contributed by atoms with van der Waals surface area (Å²) in [5.41, 5.74) is 1.75. The lowest BCUT2D eigenvalue weighted by Gasteiger charge is -2.40. The molecule has 2 aromatic carbocycles. The second-order valence-corrected chi connectivity index (χ2v) is 8.00. The van der Waals surface area contributed by atoms with Crippen LogP contribution in [0.15, 0.2) is 59.7 Å². The molecular formula is C25H24N2O7. The van der Waals surface area contributed by atoms with E-state index in [2.05, 4.69) is 0 Å². The lowest BCUT2D eigenvalue weighted by atomic mass is 9.87. The summed E-state index contributed by atoms with van der Waals surface area (Å²) in [5, 5.41) is 11.1. The Morgan fingerprint density at radius 3 is 2.09 bits per heavy atom. The van der Waals surface area contributed by atoms with Crippen LogP contribution in [0.1, 0.15) is 54.3 Å². The topological polar surface area (TPSA) is 116 Å². The molecule has 0 fully saturated rings. The molecule has 176 valence electrons. The molecule has 2 aliphatic rings. The van der Waals surface area contributed by atoms with Crippen molar-refractivity contribution in [2.24, 2.45) is 0 Å². The van der Waals surface area contributed by atoms with Crippen molar-refractivity contribution in [1.29, 1.82) is 0 Å². The minimum absolute atomic E-state index is 0.0136. The lowest BCUT2D eigenvalue weighted by molar-refractivity contribution is -0.384. The Morgan fingerprint density at radius 2 is 1.53 bits per heavy atom. The number of ketones is 1. The molecule has 2 aromatic rings. The first-order valence-electron chi connectivity index (χ1n) is 11.0. The van der Waals surface area contributed by atoms with Gasteiger partial charge in [-0.1, -0.05) is 36.4 Å². The fourth-order valence-electron chi connectivity index (χ4n) is 4.79. The zero-order valence-electron chi connectivity index (χ0n) is 19.0. The fourth-order valence-corrected chi connectivity index (χ4v) is 4.79. The molecule has 2 bridgehead atoms. The molecule has 34 heavy (non-hydrogen) atoms. The normalized spacial score (nSPS) is 20.0. The summed E-state index contributed by atoms with van der Waals surface area (Å²) in [6, 6.07) is 10.7. The second-order valence-electron chi connectivity index (χ2n) is 8.00. The van der Waals surface area contributed by atoms with Gasteiger partial charge in [0.1, 0.15) is 6.04 Å². The monoisotopic (exact) mass is 464 g/mol. The van der Waals surface area contributed by atoms with Crippen LogP contribution in [0.2, 0.25) is 0 Å². The van der Waals surface area contributed by atoms with E-state index in [1.807, 2.05) is 6.92 Å². The third-order valence-corrected chi connectivity index (χ3v) is 6.23. The lowest BCUT2D eigenvalue weighted by Crippen LogP contribution is -2.46. The van der Waals surface area contributed by atoms with E-state index >= 15 is 0 Å². The highest BCUT2D eigenvalue weighted by molar-refractivity contribution is 6.15. The van der Waals surface area contributed by atoms with Gasteiger partial charge in [-0.05, 0) is 31.9 Å². The number of nitro groups is 1. The molecule has 4 rings (SSSR count). The number of nitro benzene ring substituents is 1. The summed E-state index contributed by atoms with van der Waals surface area (Å²) >= 11 is 0. The molecule has 9 nitrogen and oxygen atoms in total. The molecule has 0 aromatic heterocycles. The first-order chi connectivity index (χ1) is 16.3. The zero-order chi connectivity index (χ0) is 24.6. The summed E-state index contributed by atoms with van der Waals surface area (Å²) in [4.78, 5) is 52.3. The standard InChI is InChI=1S/C25H24N2O7/c1-4-33-24(29)19-20(25(30)34-5-2)22-23(28)18-9-7-6-8-17(18)21(19)26(22)14(3)15-10-12-16(13-11-15)27(31)32/h6-14,21-22H,4-5H2,1-3H3/t14-,21+,22+/m0/s1. The number of fused-ring (bicyclic) bond motifs is 4. The summed E-state index contributed by atoms with van der Waals surface area (Å²) in [7, 11) is 0. The van der Waals surface area contributed by atoms with Crippen molar-refractivity contribution < 1.29 is 28.8 Å². The van der Waals surface area contributed by atoms with Gasteiger partial charge in [-0.2, -0.15) is 0 Å². The van der Waals surface area contributed by atoms with E-state index in [9.17, 15) is 24.5 Å². The van der Waals surface area contributed by atoms with E-state index < -0.39 is 35.0 Å². The number of hydrogen-bond acceptors (Lipinski definition) is 8. The van der Waals surface area contributed by atoms with Gasteiger partial charge in [0.15, 0.2) is 5.78 Å². The molecule has 3 atom stereocenters. The number of rotatable bonds is 7. The highest BCUT2D eigenvalue weighted by atomic mass is 16.6. The number of nitrogens with zero attached hydrogens (tertiary/aromatic N) is 2. The summed E-state index contributed by atoms with van der Waals surface area (Å²) in [6.45, 7) is 5.33. The number of non-ortho nitro benzene ring substituents is 1. The van der Waals surface area contributed by atoms with E-state index in [-0.39, 0.29) is 35.8 Å². The number of carbonyl (C=O) groups is 3. The Morgan fingerprint density at radius 1 is 0.971 bits per heavy atom. The van der Waals surface area contributed by atoms with Crippen LogP contribution in [0.5, 0.6) is 0 Å². The Hall–Kier alpha value is -3.85. The highest BCUT2D eigenvalue weighted by Crippen LogP contribution is 2.51. The maximum Gasteiger partial charge on any atom is 0.336 e. The summed E-state index contributed by atoms with van der Waals surface area (Å²) in [6.07, 6.45) is 0. The molecule has 2 aliphatic heterocycles. The van der Waals surface area contributed by atoms with Gasteiger partial charge >= 0.3 is 11.9 Å². The van der Waals surface area contributed by atoms with Crippen molar-refractivity contribution >= 4 is 23.4 Å². The molecule has 9 heteroatoms. The predicted octanol–water partition coefficient (Wildman–Crippen LogP) is 3.70. The summed E-state index contributed by atoms with van der Waals surface area (Å²) in [5.74, 6) is -1.73. The average Bonchev–Trinajstić information content (AvgIpc) is 3.14. The first-order valence-corrected chi connectivity index (χ1v) is 11.0. The van der Waals surface area contributed by atoms with Gasteiger partial charge in [-0.3, -0.25) is 19.8 Å². The van der Waals surface area contributed by atoms with E-state index in [0.717, 1.165) is 0 Å². The number of carbonyl (C=O) groups excluding carboxylic acids is 3. The van der Waals surface area contributed by atoms with Crippen molar-refractivity contribution in [3.05, 3.63) is 86.5 Å². The minimum atomic E-state index is -1.05. The van der Waals surface area contributed by atoms with Crippen molar-refractivity contribution in [3.63, 3.8) is 0 Å². The molecule has 0 saturated carbocycles. The zero-order valence-corrected chi connectivity index (χ0v) is 19.0. The molecule has 0 spiro atoms. The number of hydrogen-bond donors (Lipinski definition) is 0. The highest BCUT2D eigenvalue weighted by Gasteiger charge is 2.56. The van der Waals surface area contributed by atoms with E-state index in [4.69, 9.17) is 9.47 Å². The van der Waals surface area contributed by atoms with Gasteiger partial charge in [0.05, 0.1) is 35.3 Å². The van der Waals surface area contributed by atoms with Crippen molar-refractivity contribution in [3.8, 4) is 0 Å². The van der Waals surface area contributed by atoms with Gasteiger partial charge in [-0.25, -0.2) is 9.59 Å². The van der Waals surface area contributed by atoms with Crippen LogP contribution in [0.3, 0.4) is 0 Å². The van der Waals surface area contributed by atoms with Gasteiger partial charge in [0, 0.05) is 23.7 Å². The maximum atomic E-state index is 13.7. The van der Waals surface area contributed by atoms with Gasteiger partial charge in [-0.15, -0.1) is 0 Å². The third-order valence-electron chi connectivity index (χ3n) is 6.23. The smallest absolute Gasteiger partial charge is 0.336 e. The largest absolute Gasteiger partial charge is 0.463 e. The van der Waals surface area contributed by atoms with Crippen LogP contribution in [-0.4, -0.2) is 46.8 Å². The van der Waals surface area contributed by atoms with Crippen molar-refractivity contribution in [1.82, 2.24) is 4.90 Å². The third kappa shape index (κ3) is 3.67. The van der Waals surface area contributed by atoms with E-state index in [1.165, 1.54) is 12.1 Å². The van der Waals surface area contributed by atoms with E-state index in [0.29, 0.717) is 16.7 Å². The molecule has 0 amide bonds. The summed E-state index contributed by atoms with van der Waals surface area (Å²) < 4.78 is 10.6. The number of benzene rings is 2. The molecule has 0 N–H and O–H groups in total. The van der Waals surface area contributed by atoms with Crippen LogP contribution >= 0.6 is 0 Å². The molecular weight excluding hydrogens is 440 g/mol. The second kappa shape index (κ2) is 9.18. The molecule has 0 aliphatic carbocycles. The fraction of sp³-hybridized carbons (Fsp3) is 0.320. The minimum Gasteiger partial charge on any atom is -0.463 e. The van der Waals surface area contributed by atoms with Crippen LogP contribution in [0.25, 0.3) is 0 Å². The number of esters is 2. The predicted molar refractivity (Wildman–Crippen MR) is 121 cm³/mol. The Balaban J connectivity index is 1.90. The number of Topliss-reactive ketones (excluding diaryl/α,β-unsaturated/α-hetero) is 1. The van der Waals surface area contributed by atoms with Crippen LogP contribution in [-0.2, 0) is 19.1 Å². The van der Waals surface area contributed by atoms with Crippen LogP contribution in [0.4, 0.5) is 5.69 Å². The number of ether oxygens (including phenoxy) is 2. The van der Waals surface area contributed by atoms with E-state index in [1.54, 1.807) is 55.1 Å². The quantitative estimate of drug-likeness (QED) is 0.346. The van der Waals surface area contributed by atoms with Gasteiger partial charge < -0.3 is 9.47 Å². The molecule has 2 heterocycles. The van der Waals surface area contributed by atoms with Crippen LogP contribution in [0, 0.1) is 10.1 Å². The first kappa shape index (κ1) is 23.3. The molecule has 0 radical (unpaired) electrons. The van der Waals surface area contributed by atoms with Crippen molar-refractivity contribution in [2.75, 3.05) is 13.2 Å². The van der Waals surface area contributed by atoms with Gasteiger partial charge in [0.2, 0.25) is 0 Å². The Kier molecular flexibility index (Phi) is 6.30. The van der Waals surface area contributed by atoms with Crippen LogP contribution < -0.4 is 0 Å².